The van der Waals surface area contributed by atoms with E-state index in [1.165, 1.54) is 23.1 Å². The maximum atomic E-state index is 12.6. The lowest BCUT2D eigenvalue weighted by molar-refractivity contribution is -0.274. The number of hydrogen-bond acceptors (Lipinski definition) is 3. The van der Waals surface area contributed by atoms with Gasteiger partial charge >= 0.3 is 6.36 Å². The summed E-state index contributed by atoms with van der Waals surface area (Å²) in [6.07, 6.45) is -4.75. The first-order valence-corrected chi connectivity index (χ1v) is 8.07. The molecule has 0 aliphatic rings. The predicted octanol–water partition coefficient (Wildman–Crippen LogP) is 4.30. The molecule has 0 aliphatic heterocycles. The molecule has 0 aromatic heterocycles. The van der Waals surface area contributed by atoms with Crippen molar-refractivity contribution >= 4 is 18.3 Å². The summed E-state index contributed by atoms with van der Waals surface area (Å²) in [5, 5.41) is 0. The van der Waals surface area contributed by atoms with E-state index in [1.54, 1.807) is 20.0 Å². The molecule has 1 amide bonds. The average molecular weight is 403 g/mol. The van der Waals surface area contributed by atoms with Crippen molar-refractivity contribution in [2.24, 2.45) is 11.7 Å². The molecular weight excluding hydrogens is 381 g/mol. The maximum absolute atomic E-state index is 12.6. The van der Waals surface area contributed by atoms with E-state index in [4.69, 9.17) is 5.73 Å². The molecule has 2 atom stereocenters. The first-order chi connectivity index (χ1) is 12.2. The quantitative estimate of drug-likeness (QED) is 0.783. The largest absolute Gasteiger partial charge is 0.573 e. The molecule has 148 valence electrons. The lowest BCUT2D eigenvalue weighted by Gasteiger charge is -2.25. The lowest BCUT2D eigenvalue weighted by atomic mass is 9.94. The van der Waals surface area contributed by atoms with Gasteiger partial charge in [0, 0.05) is 19.6 Å². The molecule has 8 heteroatoms. The number of rotatable bonds is 6. The van der Waals surface area contributed by atoms with Crippen LogP contribution < -0.4 is 10.5 Å². The molecule has 2 aromatic rings. The number of hydrogen-bond donors (Lipinski definition) is 1. The van der Waals surface area contributed by atoms with Crippen molar-refractivity contribution < 1.29 is 22.7 Å². The van der Waals surface area contributed by atoms with Crippen LogP contribution in [0.2, 0.25) is 0 Å². The molecule has 27 heavy (non-hydrogen) atoms. The first kappa shape index (κ1) is 22.8. The van der Waals surface area contributed by atoms with Crippen LogP contribution in [-0.2, 0) is 11.3 Å². The van der Waals surface area contributed by atoms with Crippen molar-refractivity contribution in [2.75, 3.05) is 7.05 Å². The van der Waals surface area contributed by atoms with Crippen molar-refractivity contribution in [3.8, 4) is 5.75 Å². The summed E-state index contributed by atoms with van der Waals surface area (Å²) < 4.78 is 40.9. The molecule has 2 aromatic carbocycles. The van der Waals surface area contributed by atoms with Gasteiger partial charge in [0.05, 0.1) is 5.92 Å². The Morgan fingerprint density at radius 2 is 1.78 bits per heavy atom. The van der Waals surface area contributed by atoms with Crippen LogP contribution in [0.15, 0.2) is 54.6 Å². The van der Waals surface area contributed by atoms with Gasteiger partial charge < -0.3 is 15.4 Å². The molecule has 0 heterocycles. The second-order valence-corrected chi connectivity index (χ2v) is 6.11. The minimum absolute atomic E-state index is 0. The summed E-state index contributed by atoms with van der Waals surface area (Å²) in [4.78, 5) is 14.1. The Hall–Kier alpha value is -2.25. The van der Waals surface area contributed by atoms with Crippen molar-refractivity contribution in [1.29, 1.82) is 0 Å². The second-order valence-electron chi connectivity index (χ2n) is 6.11. The fourth-order valence-electron chi connectivity index (χ4n) is 2.66. The molecule has 0 spiro atoms. The van der Waals surface area contributed by atoms with E-state index in [0.717, 1.165) is 5.56 Å². The lowest BCUT2D eigenvalue weighted by Crippen LogP contribution is -2.36. The van der Waals surface area contributed by atoms with Crippen LogP contribution in [0.4, 0.5) is 13.2 Å². The Morgan fingerprint density at radius 1 is 1.15 bits per heavy atom. The van der Waals surface area contributed by atoms with Crippen LogP contribution in [0.5, 0.6) is 5.75 Å². The highest BCUT2D eigenvalue weighted by molar-refractivity contribution is 5.85. The standard InChI is InChI=1S/C19H21F3N2O2.ClH/c1-13(17(23)15-8-4-3-5-9-15)18(25)24(2)12-14-7-6-10-16(11-14)26-19(20,21)22;/h3-11,13,17H,12,23H2,1-2H3;1H. The van der Waals surface area contributed by atoms with Gasteiger partial charge in [0.15, 0.2) is 0 Å². The van der Waals surface area contributed by atoms with Crippen molar-refractivity contribution in [2.45, 2.75) is 25.9 Å². The number of carbonyl (C=O) groups is 1. The number of nitrogens with two attached hydrogens (primary N) is 1. The molecule has 2 unspecified atom stereocenters. The number of halogens is 4. The molecule has 2 N–H and O–H groups in total. The maximum Gasteiger partial charge on any atom is 0.573 e. The van der Waals surface area contributed by atoms with Gasteiger partial charge in [-0.15, -0.1) is 25.6 Å². The molecule has 0 saturated carbocycles. The van der Waals surface area contributed by atoms with Crippen molar-refractivity contribution in [3.05, 3.63) is 65.7 Å². The third-order valence-corrected chi connectivity index (χ3v) is 4.04. The Bertz CT molecular complexity index is 741. The molecule has 0 bridgehead atoms. The van der Waals surface area contributed by atoms with E-state index in [2.05, 4.69) is 4.74 Å². The Kier molecular flexibility index (Phi) is 8.12. The predicted molar refractivity (Wildman–Crippen MR) is 99.4 cm³/mol. The summed E-state index contributed by atoms with van der Waals surface area (Å²) >= 11 is 0. The molecule has 0 saturated heterocycles. The Balaban J connectivity index is 0.00000364. The zero-order chi connectivity index (χ0) is 19.3. The van der Waals surface area contributed by atoms with Crippen LogP contribution in [-0.4, -0.2) is 24.2 Å². The Morgan fingerprint density at radius 3 is 2.37 bits per heavy atom. The van der Waals surface area contributed by atoms with Gasteiger partial charge in [0.1, 0.15) is 5.75 Å². The summed E-state index contributed by atoms with van der Waals surface area (Å²) in [5.74, 6) is -0.981. The minimum atomic E-state index is -4.75. The number of ether oxygens (including phenoxy) is 1. The van der Waals surface area contributed by atoms with Gasteiger partial charge in [-0.2, -0.15) is 0 Å². The van der Waals surface area contributed by atoms with Gasteiger partial charge in [-0.3, -0.25) is 4.79 Å². The molecule has 0 radical (unpaired) electrons. The molecule has 0 aliphatic carbocycles. The summed E-state index contributed by atoms with van der Waals surface area (Å²) in [6.45, 7) is 1.89. The number of amides is 1. The minimum Gasteiger partial charge on any atom is -0.406 e. The van der Waals surface area contributed by atoms with E-state index >= 15 is 0 Å². The fourth-order valence-corrected chi connectivity index (χ4v) is 2.66. The van der Waals surface area contributed by atoms with Crippen molar-refractivity contribution in [3.63, 3.8) is 0 Å². The van der Waals surface area contributed by atoms with Crippen molar-refractivity contribution in [1.82, 2.24) is 4.90 Å². The molecule has 4 nitrogen and oxygen atoms in total. The van der Waals surface area contributed by atoms with E-state index in [9.17, 15) is 18.0 Å². The van der Waals surface area contributed by atoms with Gasteiger partial charge in [0.2, 0.25) is 5.91 Å². The van der Waals surface area contributed by atoms with E-state index in [1.807, 2.05) is 30.3 Å². The number of nitrogens with zero attached hydrogens (tertiary/aromatic N) is 1. The van der Waals surface area contributed by atoms with Crippen LogP contribution in [0.1, 0.15) is 24.1 Å². The summed E-state index contributed by atoms with van der Waals surface area (Å²) in [5.41, 5.74) is 7.55. The zero-order valence-corrected chi connectivity index (χ0v) is 15.8. The van der Waals surface area contributed by atoms with Crippen LogP contribution in [0, 0.1) is 5.92 Å². The first-order valence-electron chi connectivity index (χ1n) is 8.07. The molecular formula is C19H22ClF3N2O2. The van der Waals surface area contributed by atoms with Gasteiger partial charge in [-0.05, 0) is 23.3 Å². The van der Waals surface area contributed by atoms with Gasteiger partial charge in [0.25, 0.3) is 0 Å². The normalized spacial score (nSPS) is 13.3. The SMILES string of the molecule is CC(C(=O)N(C)Cc1cccc(OC(F)(F)F)c1)C(N)c1ccccc1.Cl. The number of alkyl halides is 3. The third-order valence-electron chi connectivity index (χ3n) is 4.04. The van der Waals surface area contributed by atoms with E-state index < -0.39 is 18.3 Å². The van der Waals surface area contributed by atoms with E-state index in [0.29, 0.717) is 5.56 Å². The average Bonchev–Trinajstić information content (AvgIpc) is 2.59. The third kappa shape index (κ3) is 6.77. The highest BCUT2D eigenvalue weighted by Gasteiger charge is 2.31. The van der Waals surface area contributed by atoms with Gasteiger partial charge in [-0.1, -0.05) is 49.4 Å². The van der Waals surface area contributed by atoms with E-state index in [-0.39, 0.29) is 30.6 Å². The Labute approximate surface area is 162 Å². The van der Waals surface area contributed by atoms with Crippen LogP contribution in [0.3, 0.4) is 0 Å². The topological polar surface area (TPSA) is 55.6 Å². The van der Waals surface area contributed by atoms with Gasteiger partial charge in [-0.25, -0.2) is 0 Å². The second kappa shape index (κ2) is 9.62. The number of carbonyl (C=O) groups excluding carboxylic acids is 1. The summed E-state index contributed by atoms with van der Waals surface area (Å²) in [6, 6.07) is 14.4. The highest BCUT2D eigenvalue weighted by atomic mass is 35.5. The monoisotopic (exact) mass is 402 g/mol. The summed E-state index contributed by atoms with van der Waals surface area (Å²) in [7, 11) is 1.59. The van der Waals surface area contributed by atoms with Crippen LogP contribution >= 0.6 is 12.4 Å². The molecule has 0 fully saturated rings. The highest BCUT2D eigenvalue weighted by Crippen LogP contribution is 2.25. The molecule has 2 rings (SSSR count). The fraction of sp³-hybridized carbons (Fsp3) is 0.316. The smallest absolute Gasteiger partial charge is 0.406 e. The van der Waals surface area contributed by atoms with Crippen LogP contribution in [0.25, 0.3) is 0 Å². The zero-order valence-electron chi connectivity index (χ0n) is 14.9. The number of benzene rings is 2.